The Bertz CT molecular complexity index is 1890. The summed E-state index contributed by atoms with van der Waals surface area (Å²) >= 11 is 4.34. The molecule has 0 amide bonds. The summed E-state index contributed by atoms with van der Waals surface area (Å²) in [6, 6.07) is 27.6. The number of nitriles is 1. The van der Waals surface area contributed by atoms with Gasteiger partial charge in [0.05, 0.1) is 21.5 Å². The van der Waals surface area contributed by atoms with Crippen molar-refractivity contribution < 1.29 is 22.0 Å². The summed E-state index contributed by atoms with van der Waals surface area (Å²) in [4.78, 5) is 5.37. The van der Waals surface area contributed by atoms with Crippen LogP contribution in [0.4, 0.5) is 0 Å². The van der Waals surface area contributed by atoms with Gasteiger partial charge in [-0.25, -0.2) is 18.0 Å². The smallest absolute Gasteiger partial charge is 0.408 e. The molecule has 1 heterocycles. The molecular weight excluding hydrogens is 607 g/mol. The number of hydrogen-bond acceptors (Lipinski definition) is 8. The molecule has 0 fully saturated rings. The minimum absolute atomic E-state index is 0.138. The standard InChI is InChI=1S/C27H18BrN2O5PS2/c1-38(32,33)25-11-10-18-12-19-13-23(14-20(17-29)27(19)30-26(18)16-25)35-36(31,37-24-8-3-2-4-9-24)34-22-7-5-6-21(28)15-22/h2-16H,1H3. The molecule has 5 rings (SSSR count). The van der Waals surface area contributed by atoms with Crippen molar-refractivity contribution in [3.8, 4) is 17.6 Å². The Morgan fingerprint density at radius 2 is 1.66 bits per heavy atom. The number of rotatable bonds is 7. The molecule has 0 radical (unpaired) electrons. The molecule has 0 saturated carbocycles. The van der Waals surface area contributed by atoms with E-state index in [9.17, 15) is 18.2 Å². The summed E-state index contributed by atoms with van der Waals surface area (Å²) in [6.07, 6.45) is 1.13. The second kappa shape index (κ2) is 10.4. The maximum atomic E-state index is 14.1. The monoisotopic (exact) mass is 624 g/mol. The lowest BCUT2D eigenvalue weighted by Gasteiger charge is -2.20. The lowest BCUT2D eigenvalue weighted by Crippen LogP contribution is -1.99. The maximum absolute atomic E-state index is 14.1. The van der Waals surface area contributed by atoms with Crippen molar-refractivity contribution in [1.29, 1.82) is 5.26 Å². The molecule has 0 bridgehead atoms. The predicted molar refractivity (Wildman–Crippen MR) is 152 cm³/mol. The first-order valence-electron chi connectivity index (χ1n) is 11.1. The number of benzene rings is 4. The van der Waals surface area contributed by atoms with E-state index in [0.717, 1.165) is 22.1 Å². The fraction of sp³-hybridized carbons (Fsp3) is 0.0370. The number of sulfone groups is 1. The van der Waals surface area contributed by atoms with E-state index in [2.05, 4.69) is 27.0 Å². The van der Waals surface area contributed by atoms with Crippen LogP contribution >= 0.6 is 34.1 Å². The van der Waals surface area contributed by atoms with Crippen LogP contribution in [0.2, 0.25) is 0 Å². The van der Waals surface area contributed by atoms with Gasteiger partial charge in [-0.2, -0.15) is 5.26 Å². The molecule has 0 spiro atoms. The van der Waals surface area contributed by atoms with Crippen molar-refractivity contribution in [3.63, 3.8) is 0 Å². The van der Waals surface area contributed by atoms with Crippen molar-refractivity contribution >= 4 is 65.8 Å². The maximum Gasteiger partial charge on any atom is 0.497 e. The van der Waals surface area contributed by atoms with Crippen molar-refractivity contribution in [1.82, 2.24) is 4.98 Å². The fourth-order valence-electron chi connectivity index (χ4n) is 3.71. The van der Waals surface area contributed by atoms with Crippen LogP contribution in [0.3, 0.4) is 0 Å². The third-order valence-corrected chi connectivity index (χ3v) is 10.3. The summed E-state index contributed by atoms with van der Waals surface area (Å²) in [5, 5.41) is 11.1. The van der Waals surface area contributed by atoms with Crippen LogP contribution in [0.25, 0.3) is 21.8 Å². The Morgan fingerprint density at radius 3 is 2.37 bits per heavy atom. The molecule has 0 N–H and O–H groups in total. The van der Waals surface area contributed by atoms with E-state index in [0.29, 0.717) is 32.5 Å². The molecule has 0 saturated heterocycles. The molecule has 190 valence electrons. The topological polar surface area (TPSA) is 106 Å². The second-order valence-electron chi connectivity index (χ2n) is 8.26. The molecule has 1 aromatic heterocycles. The average Bonchev–Trinajstić information content (AvgIpc) is 2.86. The third kappa shape index (κ3) is 5.87. The Hall–Kier alpha value is -3.35. The van der Waals surface area contributed by atoms with Gasteiger partial charge >= 0.3 is 6.80 Å². The van der Waals surface area contributed by atoms with Gasteiger partial charge < -0.3 is 9.05 Å². The van der Waals surface area contributed by atoms with E-state index < -0.39 is 16.6 Å². The molecular formula is C27H18BrN2O5PS2. The fourth-order valence-corrected chi connectivity index (χ4v) is 7.99. The first-order chi connectivity index (χ1) is 18.1. The molecule has 4 aromatic carbocycles. The summed E-state index contributed by atoms with van der Waals surface area (Å²) in [7, 11) is -3.42. The number of hydrogen-bond donors (Lipinski definition) is 0. The van der Waals surface area contributed by atoms with Gasteiger partial charge in [0.25, 0.3) is 0 Å². The van der Waals surface area contributed by atoms with E-state index in [-0.39, 0.29) is 16.2 Å². The molecule has 1 unspecified atom stereocenters. The van der Waals surface area contributed by atoms with Crippen molar-refractivity contribution in [3.05, 3.63) is 101 Å². The highest BCUT2D eigenvalue weighted by atomic mass is 79.9. The van der Waals surface area contributed by atoms with Crippen LogP contribution in [-0.4, -0.2) is 19.7 Å². The van der Waals surface area contributed by atoms with E-state index in [1.54, 1.807) is 48.5 Å². The van der Waals surface area contributed by atoms with E-state index >= 15 is 0 Å². The molecule has 0 aliphatic heterocycles. The Labute approximate surface area is 231 Å². The Kier molecular flexibility index (Phi) is 7.21. The van der Waals surface area contributed by atoms with Gasteiger partial charge in [0, 0.05) is 43.8 Å². The lowest BCUT2D eigenvalue weighted by molar-refractivity contribution is 0.408. The van der Waals surface area contributed by atoms with Gasteiger partial charge in [-0.05, 0) is 54.6 Å². The number of aromatic nitrogens is 1. The lowest BCUT2D eigenvalue weighted by atomic mass is 10.1. The average molecular weight is 625 g/mol. The normalized spacial score (nSPS) is 13.1. The van der Waals surface area contributed by atoms with Crippen molar-refractivity contribution in [2.45, 2.75) is 9.79 Å². The first-order valence-corrected chi connectivity index (χ1v) is 16.7. The molecule has 7 nitrogen and oxygen atoms in total. The van der Waals surface area contributed by atoms with Crippen LogP contribution in [0.15, 0.2) is 105 Å². The minimum Gasteiger partial charge on any atom is -0.408 e. The highest BCUT2D eigenvalue weighted by molar-refractivity contribution is 9.10. The Morgan fingerprint density at radius 1 is 0.895 bits per heavy atom. The number of nitrogens with zero attached hydrogens (tertiary/aromatic N) is 2. The van der Waals surface area contributed by atoms with Crippen molar-refractivity contribution in [2.75, 3.05) is 6.26 Å². The van der Waals surface area contributed by atoms with Crippen LogP contribution in [0, 0.1) is 11.3 Å². The Balaban J connectivity index is 1.58. The molecule has 11 heteroatoms. The zero-order chi connectivity index (χ0) is 26.9. The van der Waals surface area contributed by atoms with Gasteiger partial charge in [0.15, 0.2) is 9.84 Å². The van der Waals surface area contributed by atoms with E-state index in [1.807, 2.05) is 24.3 Å². The van der Waals surface area contributed by atoms with Crippen molar-refractivity contribution in [2.24, 2.45) is 0 Å². The van der Waals surface area contributed by atoms with Crippen LogP contribution in [0.5, 0.6) is 11.5 Å². The molecule has 1 atom stereocenters. The van der Waals surface area contributed by atoms with E-state index in [4.69, 9.17) is 9.05 Å². The van der Waals surface area contributed by atoms with Gasteiger partial charge in [-0.3, -0.25) is 0 Å². The van der Waals surface area contributed by atoms with Gasteiger partial charge in [0.1, 0.15) is 17.6 Å². The van der Waals surface area contributed by atoms with E-state index in [1.165, 1.54) is 18.2 Å². The summed E-state index contributed by atoms with van der Waals surface area (Å²) in [5.41, 5.74) is 0.994. The number of fused-ring (bicyclic) bond motifs is 2. The third-order valence-electron chi connectivity index (χ3n) is 5.40. The summed E-state index contributed by atoms with van der Waals surface area (Å²) in [6.45, 7) is -3.89. The largest absolute Gasteiger partial charge is 0.497 e. The highest BCUT2D eigenvalue weighted by Crippen LogP contribution is 2.62. The van der Waals surface area contributed by atoms with Crippen LogP contribution < -0.4 is 9.05 Å². The number of pyridine rings is 1. The predicted octanol–water partition coefficient (Wildman–Crippen LogP) is 7.78. The molecule has 38 heavy (non-hydrogen) atoms. The van der Waals surface area contributed by atoms with Gasteiger partial charge in [-0.1, -0.05) is 46.3 Å². The molecule has 5 aromatic rings. The first kappa shape index (κ1) is 26.3. The second-order valence-corrected chi connectivity index (χ2v) is 15.0. The zero-order valence-electron chi connectivity index (χ0n) is 19.7. The van der Waals surface area contributed by atoms with Crippen LogP contribution in [-0.2, 0) is 14.4 Å². The van der Waals surface area contributed by atoms with Gasteiger partial charge in [-0.15, -0.1) is 0 Å². The zero-order valence-corrected chi connectivity index (χ0v) is 23.9. The SMILES string of the molecule is CS(=O)(=O)c1ccc2cc3cc(OP(=O)(Oc4cccc(Br)c4)Sc4ccccc4)cc(C#N)c3nc2c1. The van der Waals surface area contributed by atoms with Gasteiger partial charge in [0.2, 0.25) is 0 Å². The minimum atomic E-state index is -3.89. The summed E-state index contributed by atoms with van der Waals surface area (Å²) < 4.78 is 50.7. The molecule has 0 aliphatic carbocycles. The molecule has 0 aliphatic rings. The highest BCUT2D eigenvalue weighted by Gasteiger charge is 2.31. The van der Waals surface area contributed by atoms with Crippen LogP contribution in [0.1, 0.15) is 5.56 Å². The quantitative estimate of drug-likeness (QED) is 0.133. The summed E-state index contributed by atoms with van der Waals surface area (Å²) in [5.74, 6) is 0.520. The number of halogens is 1.